The number of carbonyl (C=O) groups excluding carboxylic acids is 3. The second kappa shape index (κ2) is 9.82. The molecule has 5 nitrogen and oxygen atoms in total. The Balaban J connectivity index is 1.60. The van der Waals surface area contributed by atoms with E-state index in [0.717, 1.165) is 0 Å². The van der Waals surface area contributed by atoms with E-state index in [2.05, 4.69) is 10.6 Å². The zero-order chi connectivity index (χ0) is 18.9. The van der Waals surface area contributed by atoms with Gasteiger partial charge in [-0.2, -0.15) is 0 Å². The Morgan fingerprint density at radius 3 is 2.54 bits per heavy atom. The van der Waals surface area contributed by atoms with Crippen LogP contribution in [0.15, 0.2) is 35.7 Å². The first-order valence-corrected chi connectivity index (χ1v) is 9.23. The zero-order valence-corrected chi connectivity index (χ0v) is 15.3. The van der Waals surface area contributed by atoms with Crippen molar-refractivity contribution >= 4 is 28.9 Å². The molecule has 0 radical (unpaired) electrons. The fourth-order valence-corrected chi connectivity index (χ4v) is 2.97. The second-order valence-electron chi connectivity index (χ2n) is 5.82. The molecule has 1 aromatic heterocycles. The lowest BCUT2D eigenvalue weighted by molar-refractivity contribution is -0.121. The highest BCUT2D eigenvalue weighted by Crippen LogP contribution is 2.13. The van der Waals surface area contributed by atoms with Crippen molar-refractivity contribution in [2.75, 3.05) is 13.1 Å². The average Bonchev–Trinajstić information content (AvgIpc) is 3.15. The molecule has 2 N–H and O–H groups in total. The third kappa shape index (κ3) is 6.07. The molecule has 0 unspecified atom stereocenters. The normalized spacial score (nSPS) is 10.4. The van der Waals surface area contributed by atoms with Gasteiger partial charge in [0.2, 0.25) is 5.91 Å². The van der Waals surface area contributed by atoms with Crippen LogP contribution in [0.5, 0.6) is 0 Å². The summed E-state index contributed by atoms with van der Waals surface area (Å²) < 4.78 is 13.4. The molecule has 0 aliphatic carbocycles. The van der Waals surface area contributed by atoms with Gasteiger partial charge in [-0.1, -0.05) is 12.1 Å². The predicted molar refractivity (Wildman–Crippen MR) is 99.0 cm³/mol. The summed E-state index contributed by atoms with van der Waals surface area (Å²) in [5, 5.41) is 7.15. The molecule has 0 aliphatic rings. The van der Waals surface area contributed by atoms with Gasteiger partial charge < -0.3 is 10.6 Å². The SMILES string of the molecule is Cc1ccc(C(=O)NCCNC(=O)CCCC(=O)c2cccs2)cc1F. The van der Waals surface area contributed by atoms with Crippen LogP contribution in [-0.2, 0) is 4.79 Å². The largest absolute Gasteiger partial charge is 0.354 e. The minimum absolute atomic E-state index is 0.0467. The van der Waals surface area contributed by atoms with Gasteiger partial charge in [0.1, 0.15) is 5.82 Å². The summed E-state index contributed by atoms with van der Waals surface area (Å²) in [7, 11) is 0. The number of benzene rings is 1. The fraction of sp³-hybridized carbons (Fsp3) is 0.316. The Kier molecular flexibility index (Phi) is 7.47. The molecule has 0 atom stereocenters. The number of rotatable bonds is 9. The van der Waals surface area contributed by atoms with E-state index >= 15 is 0 Å². The maximum Gasteiger partial charge on any atom is 0.251 e. The molecule has 138 valence electrons. The Labute approximate surface area is 155 Å². The summed E-state index contributed by atoms with van der Waals surface area (Å²) >= 11 is 1.40. The lowest BCUT2D eigenvalue weighted by Crippen LogP contribution is -2.34. The van der Waals surface area contributed by atoms with Crippen molar-refractivity contribution in [1.82, 2.24) is 10.6 Å². The highest BCUT2D eigenvalue weighted by molar-refractivity contribution is 7.12. The van der Waals surface area contributed by atoms with Crippen LogP contribution in [0.4, 0.5) is 4.39 Å². The molecule has 2 aromatic rings. The third-order valence-corrected chi connectivity index (χ3v) is 4.68. The summed E-state index contributed by atoms with van der Waals surface area (Å²) in [5.74, 6) is -0.937. The van der Waals surface area contributed by atoms with Crippen molar-refractivity contribution in [2.24, 2.45) is 0 Å². The zero-order valence-electron chi connectivity index (χ0n) is 14.5. The number of carbonyl (C=O) groups is 3. The Morgan fingerprint density at radius 2 is 1.85 bits per heavy atom. The van der Waals surface area contributed by atoms with E-state index in [1.165, 1.54) is 17.4 Å². The molecular weight excluding hydrogens is 355 g/mol. The van der Waals surface area contributed by atoms with Crippen LogP contribution in [-0.4, -0.2) is 30.7 Å². The summed E-state index contributed by atoms with van der Waals surface area (Å²) in [6.07, 6.45) is 1.08. The molecule has 26 heavy (non-hydrogen) atoms. The smallest absolute Gasteiger partial charge is 0.251 e. The van der Waals surface area contributed by atoms with Gasteiger partial charge in [-0.25, -0.2) is 4.39 Å². The molecular formula is C19H21FN2O3S. The molecule has 0 saturated carbocycles. The first kappa shape index (κ1) is 19.8. The van der Waals surface area contributed by atoms with Crippen molar-refractivity contribution in [3.63, 3.8) is 0 Å². The van der Waals surface area contributed by atoms with Crippen LogP contribution in [0, 0.1) is 12.7 Å². The Morgan fingerprint density at radius 1 is 1.08 bits per heavy atom. The highest BCUT2D eigenvalue weighted by atomic mass is 32.1. The topological polar surface area (TPSA) is 75.3 Å². The van der Waals surface area contributed by atoms with E-state index in [1.54, 1.807) is 25.1 Å². The standard InChI is InChI=1S/C19H21FN2O3S/c1-13-7-8-14(12-15(13)20)19(25)22-10-9-21-18(24)6-2-4-16(23)17-5-3-11-26-17/h3,5,7-8,11-12H,2,4,6,9-10H2,1H3,(H,21,24)(H,22,25). The van der Waals surface area contributed by atoms with Gasteiger partial charge in [-0.3, -0.25) is 14.4 Å². The molecule has 1 aromatic carbocycles. The van der Waals surface area contributed by atoms with Crippen LogP contribution in [0.2, 0.25) is 0 Å². The molecule has 1 heterocycles. The highest BCUT2D eigenvalue weighted by Gasteiger charge is 2.09. The van der Waals surface area contributed by atoms with Gasteiger partial charge in [0.15, 0.2) is 5.78 Å². The number of Topliss-reactive ketones (excluding diaryl/α,β-unsaturated/α-hetero) is 1. The number of amides is 2. The minimum atomic E-state index is -0.428. The predicted octanol–water partition coefficient (Wildman–Crippen LogP) is 3.09. The fourth-order valence-electron chi connectivity index (χ4n) is 2.27. The van der Waals surface area contributed by atoms with Gasteiger partial charge in [-0.05, 0) is 42.5 Å². The van der Waals surface area contributed by atoms with Crippen molar-refractivity contribution in [3.8, 4) is 0 Å². The average molecular weight is 376 g/mol. The van der Waals surface area contributed by atoms with E-state index in [0.29, 0.717) is 23.3 Å². The first-order chi connectivity index (χ1) is 12.5. The van der Waals surface area contributed by atoms with Crippen molar-refractivity contribution in [2.45, 2.75) is 26.2 Å². The van der Waals surface area contributed by atoms with Crippen LogP contribution in [0.25, 0.3) is 0 Å². The quantitative estimate of drug-likeness (QED) is 0.522. The lowest BCUT2D eigenvalue weighted by atomic mass is 10.1. The van der Waals surface area contributed by atoms with Gasteiger partial charge in [0.05, 0.1) is 4.88 Å². The van der Waals surface area contributed by atoms with Gasteiger partial charge in [0, 0.05) is 31.5 Å². The van der Waals surface area contributed by atoms with Crippen LogP contribution < -0.4 is 10.6 Å². The maximum absolute atomic E-state index is 13.4. The molecule has 0 fully saturated rings. The van der Waals surface area contributed by atoms with Crippen molar-refractivity contribution in [3.05, 3.63) is 57.5 Å². The Bertz CT molecular complexity index is 775. The number of halogens is 1. The van der Waals surface area contributed by atoms with E-state index < -0.39 is 5.82 Å². The van der Waals surface area contributed by atoms with E-state index in [-0.39, 0.29) is 42.7 Å². The number of aryl methyl sites for hydroxylation is 1. The van der Waals surface area contributed by atoms with E-state index in [9.17, 15) is 18.8 Å². The summed E-state index contributed by atoms with van der Waals surface area (Å²) in [6, 6.07) is 7.88. The first-order valence-electron chi connectivity index (χ1n) is 8.35. The molecule has 0 saturated heterocycles. The maximum atomic E-state index is 13.4. The monoisotopic (exact) mass is 376 g/mol. The molecule has 0 spiro atoms. The summed E-state index contributed by atoms with van der Waals surface area (Å²) in [5.41, 5.74) is 0.720. The third-order valence-electron chi connectivity index (χ3n) is 3.77. The molecule has 0 bridgehead atoms. The van der Waals surface area contributed by atoms with E-state index in [4.69, 9.17) is 0 Å². The van der Waals surface area contributed by atoms with Crippen LogP contribution >= 0.6 is 11.3 Å². The van der Waals surface area contributed by atoms with Gasteiger partial charge in [0.25, 0.3) is 5.91 Å². The second-order valence-corrected chi connectivity index (χ2v) is 6.77. The van der Waals surface area contributed by atoms with Crippen LogP contribution in [0.3, 0.4) is 0 Å². The summed E-state index contributed by atoms with van der Waals surface area (Å²) in [4.78, 5) is 36.1. The molecule has 7 heteroatoms. The number of nitrogens with one attached hydrogen (secondary N) is 2. The molecule has 2 amide bonds. The minimum Gasteiger partial charge on any atom is -0.354 e. The summed E-state index contributed by atoms with van der Waals surface area (Å²) in [6.45, 7) is 2.15. The number of hydrogen-bond donors (Lipinski definition) is 2. The van der Waals surface area contributed by atoms with Crippen molar-refractivity contribution < 1.29 is 18.8 Å². The molecule has 2 rings (SSSR count). The van der Waals surface area contributed by atoms with Gasteiger partial charge in [-0.15, -0.1) is 11.3 Å². The lowest BCUT2D eigenvalue weighted by Gasteiger charge is -2.08. The molecule has 0 aliphatic heterocycles. The number of ketones is 1. The number of thiophene rings is 1. The Hall–Kier alpha value is -2.54. The van der Waals surface area contributed by atoms with Crippen molar-refractivity contribution in [1.29, 1.82) is 0 Å². The van der Waals surface area contributed by atoms with Crippen LogP contribution in [0.1, 0.15) is 44.9 Å². The van der Waals surface area contributed by atoms with E-state index in [1.807, 2.05) is 11.4 Å². The number of hydrogen-bond acceptors (Lipinski definition) is 4. The van der Waals surface area contributed by atoms with Gasteiger partial charge >= 0.3 is 0 Å².